The summed E-state index contributed by atoms with van der Waals surface area (Å²) < 4.78 is 197. The van der Waals surface area contributed by atoms with Crippen LogP contribution in [-0.4, -0.2) is 7.28 Å². The number of benzene rings is 4. The van der Waals surface area contributed by atoms with E-state index in [2.05, 4.69) is 0 Å². The van der Waals surface area contributed by atoms with Gasteiger partial charge in [0.1, 0.15) is 11.6 Å². The number of rotatable bonds is 2. The molecule has 0 saturated heterocycles. The van der Waals surface area contributed by atoms with Crippen LogP contribution < -0.4 is 10.9 Å². The van der Waals surface area contributed by atoms with Crippen LogP contribution in [0.25, 0.3) is 21.5 Å². The lowest BCUT2D eigenvalue weighted by Crippen LogP contribution is -2.38. The molecule has 0 radical (unpaired) electrons. The zero-order valence-electron chi connectivity index (χ0n) is 16.0. The van der Waals surface area contributed by atoms with Crippen molar-refractivity contribution in [1.82, 2.24) is 0 Å². The summed E-state index contributed by atoms with van der Waals surface area (Å²) >= 11 is 0. The molecule has 0 aromatic heterocycles. The van der Waals surface area contributed by atoms with Gasteiger partial charge in [0.2, 0.25) is 7.28 Å². The van der Waals surface area contributed by atoms with E-state index in [0.717, 1.165) is 0 Å². The third-order valence-electron chi connectivity index (χ3n) is 5.22. The van der Waals surface area contributed by atoms with Crippen LogP contribution >= 0.6 is 0 Å². The summed E-state index contributed by atoms with van der Waals surface area (Å²) in [5.41, 5.74) is -3.74. The third kappa shape index (κ3) is 3.16. The maximum absolute atomic E-state index is 15.2. The maximum atomic E-state index is 15.2. The maximum Gasteiger partial charge on any atom is 0.205 e. The summed E-state index contributed by atoms with van der Waals surface area (Å²) in [6.07, 6.45) is 0. The molecule has 0 spiro atoms. The van der Waals surface area contributed by atoms with Gasteiger partial charge in [-0.2, -0.15) is 0 Å². The monoisotopic (exact) mass is 518 g/mol. The van der Waals surface area contributed by atoms with Crippen molar-refractivity contribution in [1.29, 1.82) is 0 Å². The zero-order chi connectivity index (χ0) is 26.3. The average molecular weight is 518 g/mol. The first-order valence-electron chi connectivity index (χ1n) is 8.85. The smallest absolute Gasteiger partial charge is 0.205 e. The molecular formula is C20HBF14. The van der Waals surface area contributed by atoms with Crippen LogP contribution in [0.15, 0.2) is 0 Å². The predicted molar refractivity (Wildman–Crippen MR) is 93.7 cm³/mol. The zero-order valence-corrected chi connectivity index (χ0v) is 16.0. The fourth-order valence-electron chi connectivity index (χ4n) is 3.60. The Labute approximate surface area is 183 Å². The standard InChI is InChI=1S/C20HBF14/c22-7-1-2(8(23)4-3(7)10(25)16(31)17(32)11(4)26)9(24)15(30)12(27)5(1)21-6-13(28)18(33)20(35)19(34)14(6)29/h21H. The highest BCUT2D eigenvalue weighted by atomic mass is 19.2. The SMILES string of the molecule is Fc1c(F)c(F)c(Bc2c(F)c(F)c(F)c3c(F)c4c(F)c(F)c(F)c(F)c4c(F)c23)c(F)c1F. The summed E-state index contributed by atoms with van der Waals surface area (Å²) in [6, 6.07) is 0. The number of halogens is 14. The highest BCUT2D eigenvalue weighted by molar-refractivity contribution is 6.70. The van der Waals surface area contributed by atoms with E-state index in [9.17, 15) is 57.1 Å². The van der Waals surface area contributed by atoms with Gasteiger partial charge >= 0.3 is 0 Å². The van der Waals surface area contributed by atoms with Crippen molar-refractivity contribution in [2.45, 2.75) is 0 Å². The first kappa shape index (κ1) is 24.6. The van der Waals surface area contributed by atoms with E-state index in [-0.39, 0.29) is 0 Å². The molecule has 0 aliphatic heterocycles. The first-order valence-corrected chi connectivity index (χ1v) is 8.85. The van der Waals surface area contributed by atoms with Crippen molar-refractivity contribution < 1.29 is 61.5 Å². The third-order valence-corrected chi connectivity index (χ3v) is 5.22. The summed E-state index contributed by atoms with van der Waals surface area (Å²) in [5.74, 6) is -36.4. The molecule has 15 heteroatoms. The van der Waals surface area contributed by atoms with Crippen LogP contribution in [0.5, 0.6) is 0 Å². The lowest BCUT2D eigenvalue weighted by molar-refractivity contribution is 0.384. The van der Waals surface area contributed by atoms with E-state index in [1.807, 2.05) is 0 Å². The molecule has 0 N–H and O–H groups in total. The van der Waals surface area contributed by atoms with Crippen molar-refractivity contribution in [3.63, 3.8) is 0 Å². The summed E-state index contributed by atoms with van der Waals surface area (Å²) in [6.45, 7) is 0. The second-order valence-corrected chi connectivity index (χ2v) is 7.03. The molecule has 0 bridgehead atoms. The summed E-state index contributed by atoms with van der Waals surface area (Å²) in [4.78, 5) is 0. The van der Waals surface area contributed by atoms with Crippen LogP contribution in [0, 0.1) is 81.4 Å². The Bertz CT molecular complexity index is 1580. The molecule has 4 rings (SSSR count). The Morgan fingerprint density at radius 2 is 0.486 bits per heavy atom. The molecular weight excluding hydrogens is 517 g/mol. The summed E-state index contributed by atoms with van der Waals surface area (Å²) in [7, 11) is -1.97. The van der Waals surface area contributed by atoms with E-state index >= 15 is 4.39 Å². The molecule has 0 atom stereocenters. The summed E-state index contributed by atoms with van der Waals surface area (Å²) in [5, 5.41) is -8.09. The normalized spacial score (nSPS) is 11.7. The first-order chi connectivity index (χ1) is 16.2. The van der Waals surface area contributed by atoms with E-state index < -0.39 is 121 Å². The van der Waals surface area contributed by atoms with Gasteiger partial charge in [0.05, 0.1) is 16.2 Å². The molecule has 0 fully saturated rings. The Morgan fingerprint density at radius 1 is 0.229 bits per heavy atom. The van der Waals surface area contributed by atoms with E-state index in [4.69, 9.17) is 0 Å². The molecule has 0 aliphatic carbocycles. The van der Waals surface area contributed by atoms with Crippen molar-refractivity contribution in [2.75, 3.05) is 0 Å². The second kappa shape index (κ2) is 8.02. The highest BCUT2D eigenvalue weighted by Crippen LogP contribution is 2.37. The fourth-order valence-corrected chi connectivity index (χ4v) is 3.60. The molecule has 0 heterocycles. The molecule has 0 unspecified atom stereocenters. The molecule has 0 amide bonds. The quantitative estimate of drug-likeness (QED) is 0.111. The molecule has 35 heavy (non-hydrogen) atoms. The van der Waals surface area contributed by atoms with Gasteiger partial charge in [-0.3, -0.25) is 0 Å². The van der Waals surface area contributed by atoms with Crippen LogP contribution in [0.4, 0.5) is 61.5 Å². The molecule has 4 aromatic carbocycles. The van der Waals surface area contributed by atoms with Gasteiger partial charge in [-0.25, -0.2) is 61.5 Å². The molecule has 0 nitrogen and oxygen atoms in total. The predicted octanol–water partition coefficient (Wildman–Crippen LogP) is 5.33. The minimum absolute atomic E-state index is 1.81. The lowest BCUT2D eigenvalue weighted by Gasteiger charge is -2.16. The second-order valence-electron chi connectivity index (χ2n) is 7.03. The van der Waals surface area contributed by atoms with Gasteiger partial charge in [0.25, 0.3) is 0 Å². The Hall–Kier alpha value is -3.52. The van der Waals surface area contributed by atoms with Gasteiger partial charge in [0, 0.05) is 5.39 Å². The Balaban J connectivity index is 2.25. The van der Waals surface area contributed by atoms with Gasteiger partial charge < -0.3 is 0 Å². The molecule has 4 aromatic rings. The van der Waals surface area contributed by atoms with E-state index in [0.29, 0.717) is 0 Å². The highest BCUT2D eigenvalue weighted by Gasteiger charge is 2.34. The van der Waals surface area contributed by atoms with Crippen LogP contribution in [0.1, 0.15) is 0 Å². The van der Waals surface area contributed by atoms with Gasteiger partial charge in [-0.1, -0.05) is 0 Å². The lowest BCUT2D eigenvalue weighted by atomic mass is 9.61. The van der Waals surface area contributed by atoms with Crippen LogP contribution in [-0.2, 0) is 0 Å². The fraction of sp³-hybridized carbons (Fsp3) is 0. The molecule has 182 valence electrons. The Kier molecular flexibility index (Phi) is 5.64. The molecule has 0 aliphatic rings. The van der Waals surface area contributed by atoms with Crippen molar-refractivity contribution in [2.24, 2.45) is 0 Å². The topological polar surface area (TPSA) is 0 Å². The average Bonchev–Trinajstić information content (AvgIpc) is 2.83. The number of hydrogen-bond acceptors (Lipinski definition) is 0. The van der Waals surface area contributed by atoms with E-state index in [1.54, 1.807) is 0 Å². The Morgan fingerprint density at radius 3 is 0.914 bits per heavy atom. The molecule has 0 saturated carbocycles. The van der Waals surface area contributed by atoms with Crippen molar-refractivity contribution in [3.05, 3.63) is 81.4 Å². The minimum Gasteiger partial charge on any atom is -0.206 e. The van der Waals surface area contributed by atoms with Gasteiger partial charge in [0.15, 0.2) is 69.8 Å². The van der Waals surface area contributed by atoms with Gasteiger partial charge in [-0.15, -0.1) is 0 Å². The van der Waals surface area contributed by atoms with Crippen LogP contribution in [0.2, 0.25) is 0 Å². The number of fused-ring (bicyclic) bond motifs is 2. The largest absolute Gasteiger partial charge is 0.206 e. The van der Waals surface area contributed by atoms with Gasteiger partial charge in [-0.05, 0) is 10.9 Å². The van der Waals surface area contributed by atoms with Crippen molar-refractivity contribution in [3.8, 4) is 0 Å². The number of hydrogen-bond donors (Lipinski definition) is 0. The van der Waals surface area contributed by atoms with E-state index in [1.165, 1.54) is 0 Å². The minimum atomic E-state index is -2.70. The van der Waals surface area contributed by atoms with Crippen LogP contribution in [0.3, 0.4) is 0 Å². The van der Waals surface area contributed by atoms with Crippen molar-refractivity contribution >= 4 is 39.8 Å².